The van der Waals surface area contributed by atoms with E-state index in [0.717, 1.165) is 0 Å². The van der Waals surface area contributed by atoms with Crippen LogP contribution in [-0.4, -0.2) is 0 Å². The molecule has 2 heteroatoms. The van der Waals surface area contributed by atoms with Gasteiger partial charge in [-0.25, -0.2) is 0 Å². The minimum Gasteiger partial charge on any atom is -0.143 e. The van der Waals surface area contributed by atoms with E-state index in [9.17, 15) is 0 Å². The summed E-state index contributed by atoms with van der Waals surface area (Å²) in [5.74, 6) is 0. The van der Waals surface area contributed by atoms with Gasteiger partial charge in [0.25, 0.3) is 0 Å². The second-order valence-corrected chi connectivity index (χ2v) is 6.86. The van der Waals surface area contributed by atoms with Crippen LogP contribution >= 0.6 is 33.9 Å². The Morgan fingerprint density at radius 3 is 2.16 bits per heavy atom. The van der Waals surface area contributed by atoms with Gasteiger partial charge in [-0.05, 0) is 33.7 Å². The lowest BCUT2D eigenvalue weighted by molar-refractivity contribution is 1.22. The molecule has 0 amide bonds. The lowest BCUT2D eigenvalue weighted by Gasteiger charge is -2.13. The van der Waals surface area contributed by atoms with Crippen molar-refractivity contribution in [2.24, 2.45) is 0 Å². The van der Waals surface area contributed by atoms with Crippen LogP contribution in [0.2, 0.25) is 0 Å². The van der Waals surface area contributed by atoms with E-state index in [1.54, 1.807) is 0 Å². The van der Waals surface area contributed by atoms with Crippen LogP contribution in [0.4, 0.5) is 0 Å². The van der Waals surface area contributed by atoms with Crippen molar-refractivity contribution < 1.29 is 0 Å². The summed E-state index contributed by atoms with van der Waals surface area (Å²) in [5.41, 5.74) is 7.01. The smallest absolute Gasteiger partial charge is 0.0620 e. The number of rotatable bonds is 0. The molecule has 1 aliphatic carbocycles. The fraction of sp³-hybridized carbons (Fsp3) is 0.0588. The SMILES string of the molecule is IC1c2ccccc2-c2ccsc2-c2ccccc21. The van der Waals surface area contributed by atoms with E-state index in [4.69, 9.17) is 0 Å². The number of hydrogen-bond donors (Lipinski definition) is 0. The van der Waals surface area contributed by atoms with Gasteiger partial charge in [0.1, 0.15) is 0 Å². The van der Waals surface area contributed by atoms with E-state index >= 15 is 0 Å². The Morgan fingerprint density at radius 2 is 1.37 bits per heavy atom. The number of hydrogen-bond acceptors (Lipinski definition) is 1. The van der Waals surface area contributed by atoms with Gasteiger partial charge in [0.15, 0.2) is 0 Å². The molecule has 0 saturated carbocycles. The molecule has 1 aliphatic rings. The van der Waals surface area contributed by atoms with Gasteiger partial charge in [-0.15, -0.1) is 11.3 Å². The Morgan fingerprint density at radius 1 is 0.737 bits per heavy atom. The molecular formula is C17H11IS. The predicted molar refractivity (Wildman–Crippen MR) is 91.1 cm³/mol. The fourth-order valence-electron chi connectivity index (χ4n) is 2.79. The summed E-state index contributed by atoms with van der Waals surface area (Å²) in [6.07, 6.45) is 0. The molecule has 19 heavy (non-hydrogen) atoms. The third-order valence-electron chi connectivity index (χ3n) is 3.67. The summed E-state index contributed by atoms with van der Waals surface area (Å²) >= 11 is 4.41. The molecule has 1 heterocycles. The second-order valence-electron chi connectivity index (χ2n) is 4.70. The fourth-order valence-corrected chi connectivity index (χ4v) is 4.83. The first-order valence-corrected chi connectivity index (χ1v) is 8.39. The number of halogens is 1. The summed E-state index contributed by atoms with van der Waals surface area (Å²) in [5, 5.41) is 2.20. The molecule has 1 unspecified atom stereocenters. The molecule has 0 bridgehead atoms. The monoisotopic (exact) mass is 374 g/mol. The molecular weight excluding hydrogens is 363 g/mol. The van der Waals surface area contributed by atoms with Crippen LogP contribution in [0, 0.1) is 0 Å². The number of alkyl halides is 1. The molecule has 0 aliphatic heterocycles. The Kier molecular flexibility index (Phi) is 2.74. The first-order chi connectivity index (χ1) is 9.36. The van der Waals surface area contributed by atoms with Gasteiger partial charge in [0, 0.05) is 10.4 Å². The molecule has 2 aromatic carbocycles. The van der Waals surface area contributed by atoms with Crippen molar-refractivity contribution in [3.05, 3.63) is 71.1 Å². The van der Waals surface area contributed by atoms with Gasteiger partial charge < -0.3 is 0 Å². The quantitative estimate of drug-likeness (QED) is 0.339. The van der Waals surface area contributed by atoms with Crippen LogP contribution in [0.5, 0.6) is 0 Å². The predicted octanol–water partition coefficient (Wildman–Crippen LogP) is 5.92. The summed E-state index contributed by atoms with van der Waals surface area (Å²) < 4.78 is 0.421. The first-order valence-electron chi connectivity index (χ1n) is 6.26. The van der Waals surface area contributed by atoms with Gasteiger partial charge in [-0.2, -0.15) is 0 Å². The molecule has 0 fully saturated rings. The lowest BCUT2D eigenvalue weighted by atomic mass is 9.99. The zero-order valence-corrected chi connectivity index (χ0v) is 13.1. The largest absolute Gasteiger partial charge is 0.143 e. The van der Waals surface area contributed by atoms with Crippen molar-refractivity contribution in [2.45, 2.75) is 3.92 Å². The maximum atomic E-state index is 2.56. The molecule has 4 rings (SSSR count). The van der Waals surface area contributed by atoms with E-state index < -0.39 is 0 Å². The maximum absolute atomic E-state index is 2.56. The molecule has 0 saturated heterocycles. The van der Waals surface area contributed by atoms with Gasteiger partial charge >= 0.3 is 0 Å². The Hall–Kier alpha value is -1.13. The highest BCUT2D eigenvalue weighted by Gasteiger charge is 2.25. The lowest BCUT2D eigenvalue weighted by Crippen LogP contribution is -1.93. The van der Waals surface area contributed by atoms with Crippen molar-refractivity contribution in [1.29, 1.82) is 0 Å². The van der Waals surface area contributed by atoms with Crippen LogP contribution in [-0.2, 0) is 0 Å². The van der Waals surface area contributed by atoms with E-state index in [2.05, 4.69) is 82.6 Å². The van der Waals surface area contributed by atoms with Gasteiger partial charge in [0.2, 0.25) is 0 Å². The molecule has 0 nitrogen and oxygen atoms in total. The van der Waals surface area contributed by atoms with E-state index in [1.807, 2.05) is 11.3 Å². The van der Waals surface area contributed by atoms with Crippen LogP contribution in [0.1, 0.15) is 15.1 Å². The first kappa shape index (κ1) is 11.7. The summed E-state index contributed by atoms with van der Waals surface area (Å²) in [7, 11) is 0. The van der Waals surface area contributed by atoms with Crippen molar-refractivity contribution in [3.8, 4) is 21.6 Å². The van der Waals surface area contributed by atoms with Crippen molar-refractivity contribution in [2.75, 3.05) is 0 Å². The summed E-state index contributed by atoms with van der Waals surface area (Å²) in [4.78, 5) is 1.40. The second kappa shape index (κ2) is 4.46. The van der Waals surface area contributed by atoms with Crippen molar-refractivity contribution >= 4 is 33.9 Å². The Bertz CT molecular complexity index is 695. The van der Waals surface area contributed by atoms with E-state index in [1.165, 1.54) is 32.7 Å². The molecule has 1 atom stereocenters. The van der Waals surface area contributed by atoms with Crippen molar-refractivity contribution in [3.63, 3.8) is 0 Å². The van der Waals surface area contributed by atoms with Crippen molar-refractivity contribution in [1.82, 2.24) is 0 Å². The highest BCUT2D eigenvalue weighted by Crippen LogP contribution is 2.49. The molecule has 1 aromatic heterocycles. The maximum Gasteiger partial charge on any atom is 0.0620 e. The topological polar surface area (TPSA) is 0 Å². The number of thiophene rings is 1. The zero-order chi connectivity index (χ0) is 12.8. The average Bonchev–Trinajstić information content (AvgIpc) is 2.92. The van der Waals surface area contributed by atoms with Crippen LogP contribution < -0.4 is 0 Å². The zero-order valence-electron chi connectivity index (χ0n) is 10.1. The van der Waals surface area contributed by atoms with Gasteiger partial charge in [-0.3, -0.25) is 0 Å². The number of benzene rings is 2. The van der Waals surface area contributed by atoms with Gasteiger partial charge in [-0.1, -0.05) is 71.1 Å². The minimum atomic E-state index is 0.421. The standard InChI is InChI=1S/C17H11IS/c18-16-12-6-2-1-5-11(12)15-9-10-19-17(15)14-8-4-3-7-13(14)16/h1-10,16H. The highest BCUT2D eigenvalue weighted by atomic mass is 127. The van der Waals surface area contributed by atoms with Crippen LogP contribution in [0.3, 0.4) is 0 Å². The molecule has 92 valence electrons. The summed E-state index contributed by atoms with van der Waals surface area (Å²) in [6.45, 7) is 0. The average molecular weight is 374 g/mol. The minimum absolute atomic E-state index is 0.421. The molecule has 0 radical (unpaired) electrons. The molecule has 0 spiro atoms. The van der Waals surface area contributed by atoms with Crippen LogP contribution in [0.25, 0.3) is 21.6 Å². The Balaban J connectivity index is 2.15. The molecule has 0 N–H and O–H groups in total. The van der Waals surface area contributed by atoms with Gasteiger partial charge in [0.05, 0.1) is 3.92 Å². The normalized spacial score (nSPS) is 16.2. The third kappa shape index (κ3) is 1.70. The summed E-state index contributed by atoms with van der Waals surface area (Å²) in [6, 6.07) is 19.8. The highest BCUT2D eigenvalue weighted by molar-refractivity contribution is 14.1. The third-order valence-corrected chi connectivity index (χ3v) is 5.96. The van der Waals surface area contributed by atoms with Crippen LogP contribution in [0.15, 0.2) is 60.0 Å². The van der Waals surface area contributed by atoms with E-state index in [0.29, 0.717) is 3.92 Å². The van der Waals surface area contributed by atoms with E-state index in [-0.39, 0.29) is 0 Å². The number of fused-ring (bicyclic) bond motifs is 5. The Labute approximate surface area is 130 Å². The molecule has 3 aromatic rings.